The molecule has 150 valence electrons. The third-order valence-corrected chi connectivity index (χ3v) is 7.51. The number of hydrogen-bond acceptors (Lipinski definition) is 3. The summed E-state index contributed by atoms with van der Waals surface area (Å²) in [5, 5.41) is 3.02. The van der Waals surface area contributed by atoms with Crippen molar-refractivity contribution in [3.8, 4) is 0 Å². The lowest BCUT2D eigenvalue weighted by Gasteiger charge is -2.55. The molecular formula is C23H30N2O3. The fourth-order valence-electron chi connectivity index (χ4n) is 6.59. The molecule has 6 rings (SSSR count). The van der Waals surface area contributed by atoms with Crippen molar-refractivity contribution < 1.29 is 14.3 Å². The average molecular weight is 383 g/mol. The van der Waals surface area contributed by atoms with E-state index in [0.29, 0.717) is 19.7 Å². The fraction of sp³-hybridized carbons (Fsp3) is 0.652. The van der Waals surface area contributed by atoms with Crippen LogP contribution < -0.4 is 5.32 Å². The van der Waals surface area contributed by atoms with Gasteiger partial charge >= 0.3 is 0 Å². The molecule has 1 heterocycles. The molecule has 1 N–H and O–H groups in total. The minimum atomic E-state index is -0.188. The van der Waals surface area contributed by atoms with Crippen LogP contribution in [0.3, 0.4) is 0 Å². The Labute approximate surface area is 166 Å². The summed E-state index contributed by atoms with van der Waals surface area (Å²) < 4.78 is 5.85. The Kier molecular flexibility index (Phi) is 4.66. The van der Waals surface area contributed by atoms with E-state index in [-0.39, 0.29) is 29.9 Å². The van der Waals surface area contributed by atoms with Crippen molar-refractivity contribution in [2.45, 2.75) is 44.6 Å². The summed E-state index contributed by atoms with van der Waals surface area (Å²) in [7, 11) is 0. The minimum Gasteiger partial charge on any atom is -0.370 e. The molecule has 5 aliphatic rings. The van der Waals surface area contributed by atoms with Gasteiger partial charge in [0, 0.05) is 12.0 Å². The highest BCUT2D eigenvalue weighted by Gasteiger charge is 2.54. The summed E-state index contributed by atoms with van der Waals surface area (Å²) in [6.07, 6.45) is 6.98. The van der Waals surface area contributed by atoms with Crippen molar-refractivity contribution in [2.24, 2.45) is 23.2 Å². The van der Waals surface area contributed by atoms with Gasteiger partial charge in [-0.1, -0.05) is 30.3 Å². The van der Waals surface area contributed by atoms with E-state index in [1.807, 2.05) is 35.2 Å². The van der Waals surface area contributed by atoms with Crippen molar-refractivity contribution in [1.82, 2.24) is 10.2 Å². The van der Waals surface area contributed by atoms with Crippen LogP contribution in [-0.4, -0.2) is 43.0 Å². The number of nitrogens with zero attached hydrogens (tertiary/aromatic N) is 1. The molecule has 4 saturated carbocycles. The second kappa shape index (κ2) is 7.18. The molecule has 1 aliphatic heterocycles. The first-order chi connectivity index (χ1) is 13.6. The zero-order chi connectivity index (χ0) is 19.1. The number of ether oxygens (including phenoxy) is 1. The van der Waals surface area contributed by atoms with Gasteiger partial charge in [0.1, 0.15) is 6.10 Å². The first-order valence-corrected chi connectivity index (χ1v) is 10.8. The molecule has 4 bridgehead atoms. The third-order valence-electron chi connectivity index (χ3n) is 7.51. The Hall–Kier alpha value is -1.88. The van der Waals surface area contributed by atoms with E-state index < -0.39 is 0 Å². The highest BCUT2D eigenvalue weighted by Crippen LogP contribution is 2.60. The Bertz CT molecular complexity index is 712. The summed E-state index contributed by atoms with van der Waals surface area (Å²) >= 11 is 0. The Balaban J connectivity index is 1.18. The van der Waals surface area contributed by atoms with Crippen molar-refractivity contribution >= 4 is 11.8 Å². The van der Waals surface area contributed by atoms with Crippen molar-refractivity contribution in [3.63, 3.8) is 0 Å². The van der Waals surface area contributed by atoms with Gasteiger partial charge in [-0.2, -0.15) is 0 Å². The number of hydrogen-bond donors (Lipinski definition) is 1. The molecule has 2 amide bonds. The topological polar surface area (TPSA) is 58.6 Å². The molecule has 4 aliphatic carbocycles. The number of rotatable bonds is 4. The second-order valence-electron chi connectivity index (χ2n) is 9.49. The smallest absolute Gasteiger partial charge is 0.242 e. The molecule has 5 nitrogen and oxygen atoms in total. The molecule has 1 aromatic rings. The molecule has 0 spiro atoms. The van der Waals surface area contributed by atoms with Gasteiger partial charge in [-0.15, -0.1) is 0 Å². The van der Waals surface area contributed by atoms with E-state index >= 15 is 0 Å². The van der Waals surface area contributed by atoms with Gasteiger partial charge in [0.25, 0.3) is 0 Å². The van der Waals surface area contributed by atoms with E-state index in [0.717, 1.165) is 42.6 Å². The van der Waals surface area contributed by atoms with Gasteiger partial charge in [-0.3, -0.25) is 9.59 Å². The first-order valence-electron chi connectivity index (χ1n) is 10.8. The summed E-state index contributed by atoms with van der Waals surface area (Å²) in [5.74, 6) is 2.34. The van der Waals surface area contributed by atoms with Crippen LogP contribution >= 0.6 is 0 Å². The molecule has 0 unspecified atom stereocenters. The molecule has 28 heavy (non-hydrogen) atoms. The maximum absolute atomic E-state index is 13.1. The van der Waals surface area contributed by atoms with Crippen LogP contribution in [0.15, 0.2) is 30.3 Å². The van der Waals surface area contributed by atoms with Crippen LogP contribution in [-0.2, 0) is 14.3 Å². The highest BCUT2D eigenvalue weighted by molar-refractivity contribution is 5.88. The van der Waals surface area contributed by atoms with Gasteiger partial charge in [-0.05, 0) is 61.8 Å². The molecule has 1 atom stereocenters. The zero-order valence-electron chi connectivity index (χ0n) is 16.4. The van der Waals surface area contributed by atoms with Crippen LogP contribution in [0.1, 0.15) is 50.2 Å². The molecule has 0 radical (unpaired) electrons. The number of benzene rings is 1. The maximum atomic E-state index is 13.1. The highest BCUT2D eigenvalue weighted by atomic mass is 16.5. The number of carbonyl (C=O) groups excluding carboxylic acids is 2. The summed E-state index contributed by atoms with van der Waals surface area (Å²) in [4.78, 5) is 27.7. The Morgan fingerprint density at radius 1 is 1.04 bits per heavy atom. The van der Waals surface area contributed by atoms with Crippen LogP contribution in [0.5, 0.6) is 0 Å². The van der Waals surface area contributed by atoms with Crippen LogP contribution in [0.25, 0.3) is 0 Å². The standard InChI is InChI=1S/C23H30N2O3/c26-21(25-6-7-28-20(15-25)19-4-2-1-3-5-19)14-24-22(27)23-11-16-8-17(12-23)10-18(9-16)13-23/h1-5,16-18,20H,6-15H2,(H,24,27)/t16?,17?,18?,20-,23?/m0/s1. The normalized spacial score (nSPS) is 36.4. The van der Waals surface area contributed by atoms with Gasteiger partial charge in [0.15, 0.2) is 0 Å². The predicted octanol–water partition coefficient (Wildman–Crippen LogP) is 2.92. The Morgan fingerprint density at radius 3 is 2.32 bits per heavy atom. The molecular weight excluding hydrogens is 352 g/mol. The van der Waals surface area contributed by atoms with E-state index in [1.54, 1.807) is 0 Å². The maximum Gasteiger partial charge on any atom is 0.242 e. The molecule has 1 aromatic carbocycles. The third kappa shape index (κ3) is 3.34. The van der Waals surface area contributed by atoms with Gasteiger partial charge in [0.05, 0.1) is 19.7 Å². The van der Waals surface area contributed by atoms with E-state index in [9.17, 15) is 9.59 Å². The van der Waals surface area contributed by atoms with Gasteiger partial charge in [-0.25, -0.2) is 0 Å². The first kappa shape index (κ1) is 18.2. The largest absolute Gasteiger partial charge is 0.370 e. The number of morpholine rings is 1. The van der Waals surface area contributed by atoms with Gasteiger partial charge in [0.2, 0.25) is 11.8 Å². The van der Waals surface area contributed by atoms with Crippen LogP contribution in [0.2, 0.25) is 0 Å². The van der Waals surface area contributed by atoms with Crippen LogP contribution in [0, 0.1) is 23.2 Å². The number of nitrogens with one attached hydrogen (secondary N) is 1. The number of amides is 2. The predicted molar refractivity (Wildman–Crippen MR) is 105 cm³/mol. The Morgan fingerprint density at radius 2 is 1.68 bits per heavy atom. The fourth-order valence-corrected chi connectivity index (χ4v) is 6.59. The van der Waals surface area contributed by atoms with Crippen molar-refractivity contribution in [3.05, 3.63) is 35.9 Å². The average Bonchev–Trinajstić information content (AvgIpc) is 2.71. The quantitative estimate of drug-likeness (QED) is 0.871. The molecule has 1 saturated heterocycles. The van der Waals surface area contributed by atoms with Gasteiger partial charge < -0.3 is 15.0 Å². The zero-order valence-corrected chi connectivity index (χ0v) is 16.4. The summed E-state index contributed by atoms with van der Waals surface area (Å²) in [6, 6.07) is 10.0. The van der Waals surface area contributed by atoms with E-state index in [2.05, 4.69) is 5.32 Å². The van der Waals surface area contributed by atoms with Crippen molar-refractivity contribution in [2.75, 3.05) is 26.2 Å². The lowest BCUT2D eigenvalue weighted by atomic mass is 9.49. The second-order valence-corrected chi connectivity index (χ2v) is 9.49. The summed E-state index contributed by atoms with van der Waals surface area (Å²) in [5.41, 5.74) is 0.907. The summed E-state index contributed by atoms with van der Waals surface area (Å²) in [6.45, 7) is 1.79. The lowest BCUT2D eigenvalue weighted by molar-refractivity contribution is -0.149. The SMILES string of the molecule is O=C(CNC(=O)C12CC3CC(CC(C3)C1)C2)N1CCO[C@H](c2ccccc2)C1. The van der Waals surface area contributed by atoms with E-state index in [1.165, 1.54) is 19.3 Å². The molecule has 5 heteroatoms. The van der Waals surface area contributed by atoms with Crippen LogP contribution in [0.4, 0.5) is 0 Å². The monoisotopic (exact) mass is 382 g/mol. The molecule has 5 fully saturated rings. The lowest BCUT2D eigenvalue weighted by Crippen LogP contribution is -2.55. The van der Waals surface area contributed by atoms with Crippen molar-refractivity contribution in [1.29, 1.82) is 0 Å². The minimum absolute atomic E-state index is 0.00214. The van der Waals surface area contributed by atoms with E-state index in [4.69, 9.17) is 4.74 Å². The number of carbonyl (C=O) groups is 2. The molecule has 0 aromatic heterocycles.